The van der Waals surface area contributed by atoms with Gasteiger partial charge in [0.05, 0.1) is 8.59 Å². The van der Waals surface area contributed by atoms with Gasteiger partial charge in [-0.2, -0.15) is 0 Å². The molecule has 0 aliphatic rings. The topological polar surface area (TPSA) is 12.9 Å². The molecule has 1 aromatic carbocycles. The summed E-state index contributed by atoms with van der Waals surface area (Å²) in [6, 6.07) is 10.0. The van der Waals surface area contributed by atoms with Crippen molar-refractivity contribution in [2.75, 3.05) is 0 Å². The van der Waals surface area contributed by atoms with E-state index < -0.39 is 0 Å². The molecule has 1 aromatic heterocycles. The molecule has 0 aliphatic carbocycles. The molecule has 0 N–H and O–H groups in total. The Balaban J connectivity index is 2.58. The zero-order chi connectivity index (χ0) is 9.97. The van der Waals surface area contributed by atoms with Crippen LogP contribution in [0.1, 0.15) is 0 Å². The Morgan fingerprint density at radius 3 is 2.50 bits per heavy atom. The molecule has 0 amide bonds. The maximum atomic E-state index is 6.18. The van der Waals surface area contributed by atoms with Crippen LogP contribution in [0.2, 0.25) is 5.02 Å². The summed E-state index contributed by atoms with van der Waals surface area (Å²) >= 11 is 8.36. The molecule has 0 aliphatic heterocycles. The van der Waals surface area contributed by atoms with Crippen LogP contribution in [0, 0.1) is 3.57 Å². The largest absolute Gasteiger partial charge is 0.263 e. The molecule has 0 saturated heterocycles. The van der Waals surface area contributed by atoms with E-state index in [1.165, 1.54) is 0 Å². The molecule has 70 valence electrons. The minimum Gasteiger partial charge on any atom is -0.263 e. The molecule has 1 heterocycles. The van der Waals surface area contributed by atoms with Gasteiger partial charge in [0.25, 0.3) is 0 Å². The summed E-state index contributed by atoms with van der Waals surface area (Å²) in [7, 11) is 0. The number of pyridine rings is 1. The van der Waals surface area contributed by atoms with Crippen molar-refractivity contribution in [1.29, 1.82) is 0 Å². The van der Waals surface area contributed by atoms with Gasteiger partial charge in [-0.1, -0.05) is 41.9 Å². The summed E-state index contributed by atoms with van der Waals surface area (Å²) in [5.74, 6) is 0. The molecule has 2 aromatic rings. The lowest BCUT2D eigenvalue weighted by Crippen LogP contribution is -1.84. The van der Waals surface area contributed by atoms with Gasteiger partial charge in [0.1, 0.15) is 0 Å². The highest BCUT2D eigenvalue weighted by atomic mass is 127. The van der Waals surface area contributed by atoms with Gasteiger partial charge in [0, 0.05) is 18.0 Å². The fraction of sp³-hybridized carbons (Fsp3) is 0. The van der Waals surface area contributed by atoms with E-state index in [0.717, 1.165) is 19.7 Å². The smallest absolute Gasteiger partial charge is 0.0648 e. The average Bonchev–Trinajstić information content (AvgIpc) is 2.23. The Bertz CT molecular complexity index is 442. The molecule has 0 radical (unpaired) electrons. The van der Waals surface area contributed by atoms with E-state index in [0.29, 0.717) is 0 Å². The van der Waals surface area contributed by atoms with Crippen LogP contribution in [0.3, 0.4) is 0 Å². The summed E-state index contributed by atoms with van der Waals surface area (Å²) in [5.41, 5.74) is 2.09. The van der Waals surface area contributed by atoms with Gasteiger partial charge in [-0.3, -0.25) is 4.98 Å². The molecule has 2 rings (SSSR count). The van der Waals surface area contributed by atoms with Crippen molar-refractivity contribution >= 4 is 34.2 Å². The molecule has 0 bridgehead atoms. The summed E-state index contributed by atoms with van der Waals surface area (Å²) in [4.78, 5) is 4.13. The molecule has 0 fully saturated rings. The van der Waals surface area contributed by atoms with E-state index in [1.807, 2.05) is 30.3 Å². The number of hydrogen-bond acceptors (Lipinski definition) is 1. The minimum absolute atomic E-state index is 0.770. The second kappa shape index (κ2) is 4.28. The van der Waals surface area contributed by atoms with Gasteiger partial charge in [0.2, 0.25) is 0 Å². The first-order chi connectivity index (χ1) is 6.79. The molecule has 0 spiro atoms. The first-order valence-electron chi connectivity index (χ1n) is 4.13. The quantitative estimate of drug-likeness (QED) is 0.725. The van der Waals surface area contributed by atoms with E-state index in [-0.39, 0.29) is 0 Å². The number of halogens is 2. The van der Waals surface area contributed by atoms with Crippen molar-refractivity contribution in [2.45, 2.75) is 0 Å². The number of aromatic nitrogens is 1. The first kappa shape index (κ1) is 9.93. The van der Waals surface area contributed by atoms with E-state index in [9.17, 15) is 0 Å². The minimum atomic E-state index is 0.770. The van der Waals surface area contributed by atoms with E-state index in [1.54, 1.807) is 12.4 Å². The Morgan fingerprint density at radius 2 is 1.79 bits per heavy atom. The number of rotatable bonds is 1. The van der Waals surface area contributed by atoms with Crippen LogP contribution < -0.4 is 0 Å². The highest BCUT2D eigenvalue weighted by Crippen LogP contribution is 2.29. The zero-order valence-electron chi connectivity index (χ0n) is 7.24. The molecule has 14 heavy (non-hydrogen) atoms. The Labute approximate surface area is 101 Å². The lowest BCUT2D eigenvalue weighted by Gasteiger charge is -2.04. The number of hydrogen-bond donors (Lipinski definition) is 0. The van der Waals surface area contributed by atoms with Gasteiger partial charge in [0.15, 0.2) is 0 Å². The highest BCUT2D eigenvalue weighted by molar-refractivity contribution is 14.1. The SMILES string of the molecule is Clc1c(I)cncc1-c1ccccc1. The van der Waals surface area contributed by atoms with Crippen LogP contribution in [0.5, 0.6) is 0 Å². The third-order valence-corrected chi connectivity index (χ3v) is 3.47. The Hall–Kier alpha value is -0.610. The standard InChI is InChI=1S/C11H7ClIN/c12-11-9(6-14-7-10(11)13)8-4-2-1-3-5-8/h1-7H. The summed E-state index contributed by atoms with van der Waals surface area (Å²) in [5, 5.41) is 0.770. The van der Waals surface area contributed by atoms with Crippen LogP contribution in [-0.2, 0) is 0 Å². The van der Waals surface area contributed by atoms with Gasteiger partial charge < -0.3 is 0 Å². The Morgan fingerprint density at radius 1 is 1.07 bits per heavy atom. The molecule has 1 nitrogen and oxygen atoms in total. The third-order valence-electron chi connectivity index (χ3n) is 1.92. The van der Waals surface area contributed by atoms with Crippen molar-refractivity contribution in [3.8, 4) is 11.1 Å². The van der Waals surface area contributed by atoms with Crippen LogP contribution >= 0.6 is 34.2 Å². The Kier molecular flexibility index (Phi) is 3.03. The van der Waals surface area contributed by atoms with Crippen molar-refractivity contribution in [2.24, 2.45) is 0 Å². The highest BCUT2D eigenvalue weighted by Gasteiger charge is 2.05. The van der Waals surface area contributed by atoms with Gasteiger partial charge in [-0.15, -0.1) is 0 Å². The van der Waals surface area contributed by atoms with Crippen LogP contribution in [0.15, 0.2) is 42.7 Å². The summed E-state index contributed by atoms with van der Waals surface area (Å²) in [6.07, 6.45) is 3.55. The normalized spacial score (nSPS) is 10.1. The predicted octanol–water partition coefficient (Wildman–Crippen LogP) is 4.01. The van der Waals surface area contributed by atoms with Crippen LogP contribution in [-0.4, -0.2) is 4.98 Å². The molecular formula is C11H7ClIN. The number of nitrogens with zero attached hydrogens (tertiary/aromatic N) is 1. The van der Waals surface area contributed by atoms with Crippen molar-refractivity contribution in [3.05, 3.63) is 51.3 Å². The molecule has 0 atom stereocenters. The maximum Gasteiger partial charge on any atom is 0.0648 e. The lowest BCUT2D eigenvalue weighted by molar-refractivity contribution is 1.31. The maximum absolute atomic E-state index is 6.18. The fourth-order valence-corrected chi connectivity index (χ4v) is 1.90. The van der Waals surface area contributed by atoms with Gasteiger partial charge in [-0.05, 0) is 28.2 Å². The third kappa shape index (κ3) is 1.91. The van der Waals surface area contributed by atoms with Crippen molar-refractivity contribution < 1.29 is 0 Å². The number of benzene rings is 1. The first-order valence-corrected chi connectivity index (χ1v) is 5.59. The van der Waals surface area contributed by atoms with E-state index in [2.05, 4.69) is 27.6 Å². The van der Waals surface area contributed by atoms with Crippen molar-refractivity contribution in [3.63, 3.8) is 0 Å². The monoisotopic (exact) mass is 315 g/mol. The van der Waals surface area contributed by atoms with E-state index in [4.69, 9.17) is 11.6 Å². The van der Waals surface area contributed by atoms with Crippen LogP contribution in [0.25, 0.3) is 11.1 Å². The molecular weight excluding hydrogens is 308 g/mol. The zero-order valence-corrected chi connectivity index (χ0v) is 10.2. The molecule has 0 unspecified atom stereocenters. The summed E-state index contributed by atoms with van der Waals surface area (Å²) in [6.45, 7) is 0. The van der Waals surface area contributed by atoms with Gasteiger partial charge >= 0.3 is 0 Å². The lowest BCUT2D eigenvalue weighted by atomic mass is 10.1. The molecule has 0 saturated carbocycles. The molecule has 3 heteroatoms. The summed E-state index contributed by atoms with van der Waals surface area (Å²) < 4.78 is 0.977. The van der Waals surface area contributed by atoms with Gasteiger partial charge in [-0.25, -0.2) is 0 Å². The predicted molar refractivity (Wildman–Crippen MR) is 67.4 cm³/mol. The van der Waals surface area contributed by atoms with E-state index >= 15 is 0 Å². The van der Waals surface area contributed by atoms with Crippen LogP contribution in [0.4, 0.5) is 0 Å². The van der Waals surface area contributed by atoms with Crippen molar-refractivity contribution in [1.82, 2.24) is 4.98 Å². The average molecular weight is 316 g/mol. The second-order valence-electron chi connectivity index (χ2n) is 2.85. The fourth-order valence-electron chi connectivity index (χ4n) is 1.24. The second-order valence-corrected chi connectivity index (χ2v) is 4.39.